The summed E-state index contributed by atoms with van der Waals surface area (Å²) < 4.78 is 0.687. The fraction of sp³-hybridized carbons (Fsp3) is 0.156. The monoisotopic (exact) mass is 610 g/mol. The maximum absolute atomic E-state index is 14.2. The number of carbonyl (C=O) groups excluding carboxylic acids is 2. The topological polar surface area (TPSA) is 96.3 Å². The van der Waals surface area contributed by atoms with E-state index in [4.69, 9.17) is 0 Å². The first kappa shape index (κ1) is 28.0. The number of aryl methyl sites for hydroxylation is 2. The maximum atomic E-state index is 14.2. The minimum Gasteiger partial charge on any atom is -0.503 e. The van der Waals surface area contributed by atoms with Crippen LogP contribution in [0.3, 0.4) is 0 Å². The van der Waals surface area contributed by atoms with Gasteiger partial charge in [0, 0.05) is 11.3 Å². The van der Waals surface area contributed by atoms with E-state index in [-0.39, 0.29) is 5.57 Å². The number of aliphatic hydroxyl groups is 1. The fourth-order valence-electron chi connectivity index (χ4n) is 4.80. The zero-order valence-electron chi connectivity index (χ0n) is 22.9. The molecule has 10 heteroatoms. The van der Waals surface area contributed by atoms with Crippen molar-refractivity contribution in [3.05, 3.63) is 124 Å². The molecule has 0 bridgehead atoms. The van der Waals surface area contributed by atoms with E-state index in [2.05, 4.69) is 22.1 Å². The van der Waals surface area contributed by atoms with Gasteiger partial charge in [-0.25, -0.2) is 4.98 Å². The van der Waals surface area contributed by atoms with Crippen molar-refractivity contribution in [2.45, 2.75) is 36.4 Å². The van der Waals surface area contributed by atoms with E-state index >= 15 is 0 Å². The van der Waals surface area contributed by atoms with Crippen LogP contribution in [-0.4, -0.2) is 32.0 Å². The van der Waals surface area contributed by atoms with Gasteiger partial charge in [-0.15, -0.1) is 21.5 Å². The molecule has 1 aliphatic rings. The van der Waals surface area contributed by atoms with Gasteiger partial charge in [0.15, 0.2) is 10.1 Å². The highest BCUT2D eigenvalue weighted by atomic mass is 32.2. The molecular formula is C32H26N4O3S3. The predicted octanol–water partition coefficient (Wildman–Crippen LogP) is 7.61. The molecule has 0 saturated heterocycles. The number of rotatable bonds is 9. The van der Waals surface area contributed by atoms with Crippen molar-refractivity contribution in [2.24, 2.45) is 0 Å². The minimum atomic E-state index is -0.863. The normalized spacial score (nSPS) is 15.0. The Bertz CT molecular complexity index is 1780. The molecule has 1 amide bonds. The lowest BCUT2D eigenvalue weighted by atomic mass is 9.94. The Morgan fingerprint density at radius 3 is 2.31 bits per heavy atom. The minimum absolute atomic E-state index is 0.0179. The molecule has 0 radical (unpaired) electrons. The van der Waals surface area contributed by atoms with E-state index in [9.17, 15) is 14.7 Å². The summed E-state index contributed by atoms with van der Waals surface area (Å²) in [6, 6.07) is 26.5. The first-order valence-electron chi connectivity index (χ1n) is 13.4. The molecule has 1 atom stereocenters. The molecule has 1 N–H and O–H groups in total. The second-order valence-corrected chi connectivity index (χ2v) is 12.9. The van der Waals surface area contributed by atoms with Crippen LogP contribution in [0.5, 0.6) is 0 Å². The number of thiazole rings is 1. The number of aliphatic hydroxyl groups excluding tert-OH is 1. The van der Waals surface area contributed by atoms with Crippen LogP contribution in [0, 0.1) is 6.92 Å². The second-order valence-electron chi connectivity index (χ2n) is 9.69. The highest BCUT2D eigenvalue weighted by molar-refractivity contribution is 8.00. The molecule has 210 valence electrons. The third kappa shape index (κ3) is 5.40. The van der Waals surface area contributed by atoms with Crippen molar-refractivity contribution < 1.29 is 14.7 Å². The van der Waals surface area contributed by atoms with E-state index in [0.717, 1.165) is 23.1 Å². The SMILES string of the molecule is CCc1ccc([C@H]2C(C(=O)c3sc(-c4ccccc4)nc3C)=C(O)C(=O)N2c2nnc(SCc3ccccc3)s2)cc1. The van der Waals surface area contributed by atoms with E-state index in [1.807, 2.05) is 84.9 Å². The molecule has 0 spiro atoms. The maximum Gasteiger partial charge on any atom is 0.296 e. The summed E-state index contributed by atoms with van der Waals surface area (Å²) in [6.07, 6.45) is 0.848. The van der Waals surface area contributed by atoms with Gasteiger partial charge in [-0.2, -0.15) is 0 Å². The Labute approximate surface area is 255 Å². The zero-order valence-corrected chi connectivity index (χ0v) is 25.3. The van der Waals surface area contributed by atoms with Crippen LogP contribution in [0.4, 0.5) is 5.13 Å². The van der Waals surface area contributed by atoms with Crippen LogP contribution >= 0.6 is 34.4 Å². The number of anilines is 1. The number of amides is 1. The van der Waals surface area contributed by atoms with Crippen molar-refractivity contribution in [1.82, 2.24) is 15.2 Å². The summed E-state index contributed by atoms with van der Waals surface area (Å²) >= 11 is 4.04. The van der Waals surface area contributed by atoms with Crippen LogP contribution < -0.4 is 4.90 Å². The van der Waals surface area contributed by atoms with Crippen molar-refractivity contribution in [3.63, 3.8) is 0 Å². The van der Waals surface area contributed by atoms with Gasteiger partial charge in [0.2, 0.25) is 10.9 Å². The second kappa shape index (κ2) is 12.0. The Morgan fingerprint density at radius 1 is 0.929 bits per heavy atom. The summed E-state index contributed by atoms with van der Waals surface area (Å²) in [5.74, 6) is -0.975. The van der Waals surface area contributed by atoms with Gasteiger partial charge in [0.05, 0.1) is 22.2 Å². The molecule has 42 heavy (non-hydrogen) atoms. The summed E-state index contributed by atoms with van der Waals surface area (Å²) in [5.41, 5.74) is 4.43. The molecular weight excluding hydrogens is 585 g/mol. The van der Waals surface area contributed by atoms with E-state index in [1.165, 1.54) is 39.3 Å². The lowest BCUT2D eigenvalue weighted by Gasteiger charge is -2.24. The van der Waals surface area contributed by atoms with Gasteiger partial charge in [-0.3, -0.25) is 14.5 Å². The van der Waals surface area contributed by atoms with E-state index in [1.54, 1.807) is 6.92 Å². The standard InChI is InChI=1S/C32H26N4O3S3/c1-3-20-14-16-22(17-15-20)25-24(26(37)28-19(2)33-29(41-28)23-12-8-5-9-13-23)27(38)30(39)36(25)31-34-35-32(42-31)40-18-21-10-6-4-7-11-21/h4-17,25,38H,3,18H2,1-2H3/t25-/m0/s1. The molecule has 3 heterocycles. The van der Waals surface area contributed by atoms with Crippen LogP contribution in [0.25, 0.3) is 10.6 Å². The van der Waals surface area contributed by atoms with E-state index in [0.29, 0.717) is 36.4 Å². The molecule has 1 aliphatic heterocycles. The number of nitrogens with zero attached hydrogens (tertiary/aromatic N) is 4. The number of ketones is 1. The number of carbonyl (C=O) groups is 2. The van der Waals surface area contributed by atoms with Gasteiger partial charge in [0.1, 0.15) is 5.01 Å². The lowest BCUT2D eigenvalue weighted by Crippen LogP contribution is -2.31. The predicted molar refractivity (Wildman–Crippen MR) is 168 cm³/mol. The number of hydrogen-bond acceptors (Lipinski definition) is 9. The summed E-state index contributed by atoms with van der Waals surface area (Å²) in [6.45, 7) is 3.84. The van der Waals surface area contributed by atoms with Crippen LogP contribution in [0.2, 0.25) is 0 Å². The largest absolute Gasteiger partial charge is 0.503 e. The number of benzene rings is 3. The van der Waals surface area contributed by atoms with Crippen molar-refractivity contribution in [3.8, 4) is 10.6 Å². The Morgan fingerprint density at radius 2 is 1.62 bits per heavy atom. The van der Waals surface area contributed by atoms with Crippen LogP contribution in [0.15, 0.2) is 101 Å². The third-order valence-corrected chi connectivity index (χ3v) is 10.3. The van der Waals surface area contributed by atoms with E-state index < -0.39 is 23.5 Å². The molecule has 5 aromatic rings. The fourth-order valence-corrected chi connectivity index (χ4v) is 7.65. The van der Waals surface area contributed by atoms with Gasteiger partial charge in [-0.1, -0.05) is 115 Å². The first-order chi connectivity index (χ1) is 20.4. The smallest absolute Gasteiger partial charge is 0.296 e. The molecule has 0 saturated carbocycles. The van der Waals surface area contributed by atoms with Crippen molar-refractivity contribution >= 4 is 51.3 Å². The van der Waals surface area contributed by atoms with Gasteiger partial charge in [-0.05, 0) is 30.0 Å². The molecule has 0 unspecified atom stereocenters. The average molecular weight is 611 g/mol. The van der Waals surface area contributed by atoms with Gasteiger partial charge in [0.25, 0.3) is 5.91 Å². The zero-order chi connectivity index (χ0) is 29.2. The molecule has 2 aromatic heterocycles. The third-order valence-electron chi connectivity index (χ3n) is 6.99. The van der Waals surface area contributed by atoms with Crippen molar-refractivity contribution in [2.75, 3.05) is 4.90 Å². The first-order valence-corrected chi connectivity index (χ1v) is 16.0. The Hall–Kier alpha value is -4.12. The number of hydrogen-bond donors (Lipinski definition) is 1. The number of aromatic nitrogens is 3. The quantitative estimate of drug-likeness (QED) is 0.104. The highest BCUT2D eigenvalue weighted by Crippen LogP contribution is 2.45. The average Bonchev–Trinajstić information content (AvgIpc) is 3.73. The summed E-state index contributed by atoms with van der Waals surface area (Å²) in [7, 11) is 0. The Balaban J connectivity index is 1.37. The van der Waals surface area contributed by atoms with Crippen LogP contribution in [0.1, 0.15) is 45.0 Å². The molecule has 0 fully saturated rings. The molecule has 0 aliphatic carbocycles. The molecule has 3 aromatic carbocycles. The van der Waals surface area contributed by atoms with Crippen molar-refractivity contribution in [1.29, 1.82) is 0 Å². The number of Topliss-reactive ketones (excluding diaryl/α,β-unsaturated/α-hetero) is 1. The lowest BCUT2D eigenvalue weighted by molar-refractivity contribution is -0.117. The highest BCUT2D eigenvalue weighted by Gasteiger charge is 2.46. The molecule has 7 nitrogen and oxygen atoms in total. The van der Waals surface area contributed by atoms with Gasteiger partial charge >= 0.3 is 0 Å². The molecule has 6 rings (SSSR count). The Kier molecular flexibility index (Phi) is 8.01. The summed E-state index contributed by atoms with van der Waals surface area (Å²) in [4.78, 5) is 34.2. The van der Waals surface area contributed by atoms with Crippen LogP contribution in [-0.2, 0) is 17.0 Å². The number of thioether (sulfide) groups is 1. The van der Waals surface area contributed by atoms with Gasteiger partial charge < -0.3 is 5.11 Å². The summed E-state index contributed by atoms with van der Waals surface area (Å²) in [5, 5.41) is 20.9.